The topological polar surface area (TPSA) is 21.3 Å². The van der Waals surface area contributed by atoms with Crippen molar-refractivity contribution in [2.75, 3.05) is 13.2 Å². The molecule has 1 atom stereocenters. The van der Waals surface area contributed by atoms with E-state index in [-0.39, 0.29) is 5.82 Å². The number of hydrogen-bond donors (Lipinski definition) is 1. The minimum absolute atomic E-state index is 0.226. The van der Waals surface area contributed by atoms with Crippen LogP contribution in [0.5, 0.6) is 5.75 Å². The molecule has 0 heterocycles. The Bertz CT molecular complexity index is 321. The highest BCUT2D eigenvalue weighted by atomic mass is 19.1. The van der Waals surface area contributed by atoms with Gasteiger partial charge in [-0.1, -0.05) is 6.92 Å². The minimum Gasteiger partial charge on any atom is -0.493 e. The van der Waals surface area contributed by atoms with Crippen molar-refractivity contribution in [2.24, 2.45) is 5.92 Å². The summed E-state index contributed by atoms with van der Waals surface area (Å²) >= 11 is 0. The first-order valence-electron chi connectivity index (χ1n) is 5.86. The van der Waals surface area contributed by atoms with Gasteiger partial charge in [-0.15, -0.1) is 0 Å². The Kier molecular flexibility index (Phi) is 3.78. The van der Waals surface area contributed by atoms with Gasteiger partial charge in [0.1, 0.15) is 11.6 Å². The van der Waals surface area contributed by atoms with Crippen LogP contribution < -0.4 is 10.1 Å². The van der Waals surface area contributed by atoms with Gasteiger partial charge in [0, 0.05) is 18.5 Å². The van der Waals surface area contributed by atoms with E-state index >= 15 is 0 Å². The third-order valence-corrected chi connectivity index (χ3v) is 2.68. The quantitative estimate of drug-likeness (QED) is 0.800. The fourth-order valence-electron chi connectivity index (χ4n) is 1.48. The van der Waals surface area contributed by atoms with Crippen molar-refractivity contribution >= 4 is 0 Å². The Labute approximate surface area is 95.8 Å². The highest BCUT2D eigenvalue weighted by Crippen LogP contribution is 2.19. The summed E-state index contributed by atoms with van der Waals surface area (Å²) in [5.41, 5.74) is 0. The normalized spacial score (nSPS) is 17.1. The lowest BCUT2D eigenvalue weighted by Crippen LogP contribution is -2.26. The van der Waals surface area contributed by atoms with Crippen LogP contribution in [0.15, 0.2) is 24.3 Å². The number of nitrogens with one attached hydrogen (secondary N) is 1. The second-order valence-electron chi connectivity index (χ2n) is 4.55. The van der Waals surface area contributed by atoms with Crippen molar-refractivity contribution < 1.29 is 9.13 Å². The summed E-state index contributed by atoms with van der Waals surface area (Å²) < 4.78 is 18.2. The van der Waals surface area contributed by atoms with Crippen molar-refractivity contribution in [1.82, 2.24) is 5.32 Å². The number of ether oxygens (including phenoxy) is 1. The SMILES string of the molecule is CC(CNC1CC1)COc1ccc(F)cc1. The summed E-state index contributed by atoms with van der Waals surface area (Å²) in [5.74, 6) is 0.987. The van der Waals surface area contributed by atoms with E-state index < -0.39 is 0 Å². The number of rotatable bonds is 6. The molecule has 0 saturated heterocycles. The fourth-order valence-corrected chi connectivity index (χ4v) is 1.48. The molecule has 0 bridgehead atoms. The van der Waals surface area contributed by atoms with E-state index in [0.717, 1.165) is 18.3 Å². The van der Waals surface area contributed by atoms with Crippen molar-refractivity contribution in [3.05, 3.63) is 30.1 Å². The first-order valence-corrected chi connectivity index (χ1v) is 5.86. The predicted molar refractivity (Wildman–Crippen MR) is 62.1 cm³/mol. The molecule has 1 aliphatic rings. The molecule has 1 saturated carbocycles. The Hall–Kier alpha value is -1.09. The number of benzene rings is 1. The molecule has 3 heteroatoms. The molecule has 1 aromatic carbocycles. The molecule has 1 aromatic rings. The number of hydrogen-bond acceptors (Lipinski definition) is 2. The Balaban J connectivity index is 1.67. The van der Waals surface area contributed by atoms with Crippen LogP contribution in [-0.4, -0.2) is 19.2 Å². The summed E-state index contributed by atoms with van der Waals surface area (Å²) in [5, 5.41) is 3.46. The zero-order chi connectivity index (χ0) is 11.4. The van der Waals surface area contributed by atoms with E-state index in [1.165, 1.54) is 25.0 Å². The van der Waals surface area contributed by atoms with E-state index in [0.29, 0.717) is 12.5 Å². The van der Waals surface area contributed by atoms with Crippen LogP contribution in [-0.2, 0) is 0 Å². The van der Waals surface area contributed by atoms with Crippen molar-refractivity contribution in [3.8, 4) is 5.75 Å². The molecule has 88 valence electrons. The van der Waals surface area contributed by atoms with Crippen LogP contribution in [0.3, 0.4) is 0 Å². The molecule has 16 heavy (non-hydrogen) atoms. The van der Waals surface area contributed by atoms with Crippen molar-refractivity contribution in [3.63, 3.8) is 0 Å². The summed E-state index contributed by atoms with van der Waals surface area (Å²) in [6.07, 6.45) is 2.62. The maximum atomic E-state index is 12.6. The smallest absolute Gasteiger partial charge is 0.123 e. The van der Waals surface area contributed by atoms with Gasteiger partial charge in [-0.2, -0.15) is 0 Å². The maximum Gasteiger partial charge on any atom is 0.123 e. The monoisotopic (exact) mass is 223 g/mol. The second kappa shape index (κ2) is 5.30. The van der Waals surface area contributed by atoms with Crippen LogP contribution in [0.25, 0.3) is 0 Å². The highest BCUT2D eigenvalue weighted by molar-refractivity contribution is 5.21. The van der Waals surface area contributed by atoms with E-state index in [9.17, 15) is 4.39 Å². The summed E-state index contributed by atoms with van der Waals surface area (Å²) in [6.45, 7) is 3.82. The lowest BCUT2D eigenvalue weighted by Gasteiger charge is -2.13. The van der Waals surface area contributed by atoms with Gasteiger partial charge in [-0.3, -0.25) is 0 Å². The van der Waals surface area contributed by atoms with Crippen molar-refractivity contribution in [1.29, 1.82) is 0 Å². The molecule has 0 aliphatic heterocycles. The molecule has 1 fully saturated rings. The van der Waals surface area contributed by atoms with Gasteiger partial charge in [0.15, 0.2) is 0 Å². The van der Waals surface area contributed by atoms with Crippen LogP contribution in [0.2, 0.25) is 0 Å². The molecular formula is C13H18FNO. The average Bonchev–Trinajstić information content (AvgIpc) is 3.09. The summed E-state index contributed by atoms with van der Waals surface area (Å²) in [4.78, 5) is 0. The van der Waals surface area contributed by atoms with Crippen LogP contribution in [0, 0.1) is 11.7 Å². The molecule has 2 rings (SSSR count). The fraction of sp³-hybridized carbons (Fsp3) is 0.538. The van der Waals surface area contributed by atoms with Crippen LogP contribution in [0.1, 0.15) is 19.8 Å². The molecule has 0 amide bonds. The summed E-state index contributed by atoms with van der Waals surface area (Å²) in [7, 11) is 0. The lowest BCUT2D eigenvalue weighted by molar-refractivity contribution is 0.255. The predicted octanol–water partition coefficient (Wildman–Crippen LogP) is 2.59. The Morgan fingerprint density at radius 2 is 2.06 bits per heavy atom. The largest absolute Gasteiger partial charge is 0.493 e. The molecule has 1 aliphatic carbocycles. The van der Waals surface area contributed by atoms with Gasteiger partial charge < -0.3 is 10.1 Å². The summed E-state index contributed by atoms with van der Waals surface area (Å²) in [6, 6.07) is 6.91. The van der Waals surface area contributed by atoms with Gasteiger partial charge >= 0.3 is 0 Å². The Morgan fingerprint density at radius 1 is 1.38 bits per heavy atom. The first kappa shape index (κ1) is 11.4. The second-order valence-corrected chi connectivity index (χ2v) is 4.55. The standard InChI is InChI=1S/C13H18FNO/c1-10(8-15-12-4-5-12)9-16-13-6-2-11(14)3-7-13/h2-3,6-7,10,12,15H,4-5,8-9H2,1H3. The first-order chi connectivity index (χ1) is 7.74. The highest BCUT2D eigenvalue weighted by Gasteiger charge is 2.20. The van der Waals surface area contributed by atoms with E-state index in [1.807, 2.05) is 0 Å². The zero-order valence-electron chi connectivity index (χ0n) is 9.58. The maximum absolute atomic E-state index is 12.6. The lowest BCUT2D eigenvalue weighted by atomic mass is 10.2. The van der Waals surface area contributed by atoms with E-state index in [4.69, 9.17) is 4.74 Å². The zero-order valence-corrected chi connectivity index (χ0v) is 9.58. The molecular weight excluding hydrogens is 205 g/mol. The van der Waals surface area contributed by atoms with Gasteiger partial charge in [0.25, 0.3) is 0 Å². The molecule has 2 nitrogen and oxygen atoms in total. The van der Waals surface area contributed by atoms with Gasteiger partial charge in [0.05, 0.1) is 6.61 Å². The van der Waals surface area contributed by atoms with Crippen molar-refractivity contribution in [2.45, 2.75) is 25.8 Å². The Morgan fingerprint density at radius 3 is 2.69 bits per heavy atom. The molecule has 1 N–H and O–H groups in total. The minimum atomic E-state index is -0.226. The molecule has 0 aromatic heterocycles. The van der Waals surface area contributed by atoms with Crippen LogP contribution >= 0.6 is 0 Å². The van der Waals surface area contributed by atoms with Gasteiger partial charge in [-0.05, 0) is 37.1 Å². The third kappa shape index (κ3) is 3.81. The average molecular weight is 223 g/mol. The van der Waals surface area contributed by atoms with Gasteiger partial charge in [0.2, 0.25) is 0 Å². The van der Waals surface area contributed by atoms with Crippen LogP contribution in [0.4, 0.5) is 4.39 Å². The molecule has 0 spiro atoms. The van der Waals surface area contributed by atoms with E-state index in [1.54, 1.807) is 12.1 Å². The molecule has 1 unspecified atom stereocenters. The third-order valence-electron chi connectivity index (χ3n) is 2.68. The van der Waals surface area contributed by atoms with E-state index in [2.05, 4.69) is 12.2 Å². The van der Waals surface area contributed by atoms with Gasteiger partial charge in [-0.25, -0.2) is 4.39 Å². The number of halogens is 1. The molecule has 0 radical (unpaired) electrons.